The molecule has 2 aliphatic heterocycles. The minimum absolute atomic E-state index is 0.0338. The van der Waals surface area contributed by atoms with Crippen LogP contribution in [0.15, 0.2) is 47.3 Å². The Kier molecular flexibility index (Phi) is 3.46. The smallest absolute Gasteiger partial charge is 0.253 e. The maximum absolute atomic E-state index is 12.8. The zero-order valence-corrected chi connectivity index (χ0v) is 13.2. The number of amides is 1. The van der Waals surface area contributed by atoms with Gasteiger partial charge in [-0.15, -0.1) is 0 Å². The van der Waals surface area contributed by atoms with E-state index in [1.807, 2.05) is 15.5 Å². The van der Waals surface area contributed by atoms with Crippen molar-refractivity contribution >= 4 is 5.91 Å². The Hall–Kier alpha value is -2.87. The second kappa shape index (κ2) is 5.64. The molecular formula is C19H17N3O2. The molecule has 1 aromatic heterocycles. The van der Waals surface area contributed by atoms with E-state index < -0.39 is 0 Å². The molecule has 1 saturated heterocycles. The van der Waals surface area contributed by atoms with Gasteiger partial charge in [-0.1, -0.05) is 12.1 Å². The molecule has 3 heterocycles. The van der Waals surface area contributed by atoms with E-state index in [9.17, 15) is 9.59 Å². The number of carbonyl (C=O) groups is 1. The second-order valence-corrected chi connectivity index (χ2v) is 6.60. The summed E-state index contributed by atoms with van der Waals surface area (Å²) in [6, 6.07) is 14.3. The lowest BCUT2D eigenvalue weighted by molar-refractivity contribution is 0.0594. The number of carbonyl (C=O) groups excluding carboxylic acids is 1. The fraction of sp³-hybridized carbons (Fsp3) is 0.316. The van der Waals surface area contributed by atoms with E-state index in [1.165, 1.54) is 0 Å². The number of likely N-dealkylation sites (tertiary alicyclic amines) is 1. The van der Waals surface area contributed by atoms with Crippen LogP contribution < -0.4 is 5.56 Å². The normalized spacial score (nSPS) is 21.7. The molecule has 0 saturated carbocycles. The summed E-state index contributed by atoms with van der Waals surface area (Å²) >= 11 is 0. The monoisotopic (exact) mass is 319 g/mol. The van der Waals surface area contributed by atoms with Gasteiger partial charge in [-0.3, -0.25) is 9.59 Å². The highest BCUT2D eigenvalue weighted by molar-refractivity contribution is 5.94. The van der Waals surface area contributed by atoms with Gasteiger partial charge in [-0.05, 0) is 36.6 Å². The summed E-state index contributed by atoms with van der Waals surface area (Å²) in [5, 5.41) is 9.01. The Balaban J connectivity index is 1.63. The first-order chi connectivity index (χ1) is 11.7. The average molecular weight is 319 g/mol. The molecule has 24 heavy (non-hydrogen) atoms. The van der Waals surface area contributed by atoms with Gasteiger partial charge in [0.05, 0.1) is 11.6 Å². The van der Waals surface area contributed by atoms with Crippen molar-refractivity contribution < 1.29 is 4.79 Å². The fourth-order valence-electron chi connectivity index (χ4n) is 3.97. The van der Waals surface area contributed by atoms with Gasteiger partial charge in [0.2, 0.25) is 0 Å². The van der Waals surface area contributed by atoms with Crippen LogP contribution in [0.4, 0.5) is 0 Å². The lowest BCUT2D eigenvalue weighted by Crippen LogP contribution is -2.49. The van der Waals surface area contributed by atoms with Gasteiger partial charge in [0.25, 0.3) is 11.5 Å². The van der Waals surface area contributed by atoms with Crippen LogP contribution >= 0.6 is 0 Å². The predicted octanol–water partition coefficient (Wildman–Crippen LogP) is 1.98. The van der Waals surface area contributed by atoms with Crippen LogP contribution in [0.1, 0.15) is 34.0 Å². The molecular weight excluding hydrogens is 302 g/mol. The van der Waals surface area contributed by atoms with Crippen LogP contribution in [0.5, 0.6) is 0 Å². The third-order valence-electron chi connectivity index (χ3n) is 5.01. The summed E-state index contributed by atoms with van der Waals surface area (Å²) in [7, 11) is 0. The van der Waals surface area contributed by atoms with Crippen molar-refractivity contribution in [1.29, 1.82) is 5.26 Å². The zero-order valence-electron chi connectivity index (χ0n) is 13.2. The van der Waals surface area contributed by atoms with Crippen LogP contribution in [0.3, 0.4) is 0 Å². The van der Waals surface area contributed by atoms with E-state index in [4.69, 9.17) is 5.26 Å². The van der Waals surface area contributed by atoms with Gasteiger partial charge in [0.15, 0.2) is 0 Å². The number of hydrogen-bond acceptors (Lipinski definition) is 3. The van der Waals surface area contributed by atoms with Crippen molar-refractivity contribution in [3.05, 3.63) is 69.6 Å². The van der Waals surface area contributed by atoms with Gasteiger partial charge in [0.1, 0.15) is 0 Å². The molecule has 0 N–H and O–H groups in total. The van der Waals surface area contributed by atoms with Crippen molar-refractivity contribution in [2.45, 2.75) is 18.9 Å². The van der Waals surface area contributed by atoms with Crippen LogP contribution in [-0.2, 0) is 6.54 Å². The van der Waals surface area contributed by atoms with Crippen LogP contribution in [0, 0.1) is 17.2 Å². The molecule has 1 amide bonds. The molecule has 0 radical (unpaired) electrons. The third kappa shape index (κ3) is 2.41. The van der Waals surface area contributed by atoms with Crippen LogP contribution in [-0.4, -0.2) is 28.5 Å². The minimum Gasteiger partial charge on any atom is -0.338 e. The number of hydrogen-bond donors (Lipinski definition) is 0. The maximum atomic E-state index is 12.8. The van der Waals surface area contributed by atoms with Crippen molar-refractivity contribution in [2.24, 2.45) is 5.92 Å². The second-order valence-electron chi connectivity index (χ2n) is 6.60. The van der Waals surface area contributed by atoms with Gasteiger partial charge in [0, 0.05) is 42.9 Å². The Morgan fingerprint density at radius 2 is 1.96 bits per heavy atom. The molecule has 1 fully saturated rings. The van der Waals surface area contributed by atoms with Crippen molar-refractivity contribution in [3.8, 4) is 6.07 Å². The highest BCUT2D eigenvalue weighted by Crippen LogP contribution is 2.35. The van der Waals surface area contributed by atoms with Gasteiger partial charge in [-0.2, -0.15) is 5.26 Å². The zero-order chi connectivity index (χ0) is 16.7. The molecule has 4 rings (SSSR count). The Morgan fingerprint density at radius 3 is 2.79 bits per heavy atom. The molecule has 5 heteroatoms. The third-order valence-corrected chi connectivity index (χ3v) is 5.01. The first-order valence-electron chi connectivity index (χ1n) is 8.15. The van der Waals surface area contributed by atoms with E-state index in [0.717, 1.165) is 12.1 Å². The summed E-state index contributed by atoms with van der Waals surface area (Å²) in [6.07, 6.45) is 1.02. The minimum atomic E-state index is -0.0338. The van der Waals surface area contributed by atoms with Gasteiger partial charge < -0.3 is 9.47 Å². The number of nitrogens with zero attached hydrogens (tertiary/aromatic N) is 3. The molecule has 0 aliphatic carbocycles. The topological polar surface area (TPSA) is 66.1 Å². The molecule has 1 aromatic carbocycles. The number of benzene rings is 1. The van der Waals surface area contributed by atoms with E-state index in [0.29, 0.717) is 36.7 Å². The predicted molar refractivity (Wildman–Crippen MR) is 88.6 cm³/mol. The summed E-state index contributed by atoms with van der Waals surface area (Å²) in [4.78, 5) is 26.8. The largest absolute Gasteiger partial charge is 0.338 e. The first kappa shape index (κ1) is 14.7. The number of nitriles is 1. The quantitative estimate of drug-likeness (QED) is 0.807. The fourth-order valence-corrected chi connectivity index (χ4v) is 3.97. The number of aromatic nitrogens is 1. The van der Waals surface area contributed by atoms with Gasteiger partial charge >= 0.3 is 0 Å². The molecule has 2 bridgehead atoms. The average Bonchev–Trinajstić information content (AvgIpc) is 2.62. The number of fused-ring (bicyclic) bond motifs is 4. The number of pyridine rings is 1. The number of piperidine rings is 1. The Bertz CT molecular complexity index is 909. The van der Waals surface area contributed by atoms with Crippen molar-refractivity contribution in [3.63, 3.8) is 0 Å². The van der Waals surface area contributed by atoms with Crippen LogP contribution in [0.25, 0.3) is 0 Å². The van der Waals surface area contributed by atoms with E-state index >= 15 is 0 Å². The highest BCUT2D eigenvalue weighted by atomic mass is 16.2. The SMILES string of the molecule is N#Cc1cccc(C(=O)N2CC3CC(C2)c2cccc(=O)n2C3)c1. The molecule has 0 spiro atoms. The number of rotatable bonds is 1. The molecule has 2 unspecified atom stereocenters. The summed E-state index contributed by atoms with van der Waals surface area (Å²) < 4.78 is 1.86. The molecule has 2 aliphatic rings. The highest BCUT2D eigenvalue weighted by Gasteiger charge is 2.36. The van der Waals surface area contributed by atoms with Gasteiger partial charge in [-0.25, -0.2) is 0 Å². The lowest BCUT2D eigenvalue weighted by atomic mass is 9.83. The molecule has 120 valence electrons. The first-order valence-corrected chi connectivity index (χ1v) is 8.15. The van der Waals surface area contributed by atoms with E-state index in [1.54, 1.807) is 36.4 Å². The molecule has 5 nitrogen and oxygen atoms in total. The van der Waals surface area contributed by atoms with Crippen LogP contribution in [0.2, 0.25) is 0 Å². The van der Waals surface area contributed by atoms with E-state index in [-0.39, 0.29) is 17.4 Å². The Labute approximate surface area is 139 Å². The summed E-state index contributed by atoms with van der Waals surface area (Å²) in [5.74, 6) is 0.475. The molecule has 2 aromatic rings. The maximum Gasteiger partial charge on any atom is 0.253 e. The standard InChI is InChI=1S/C19H17N3O2/c20-9-13-3-1-4-15(7-13)19(24)21-10-14-8-16(12-21)17-5-2-6-18(23)22(17)11-14/h1-7,14,16H,8,10-12H2. The van der Waals surface area contributed by atoms with Crippen molar-refractivity contribution in [1.82, 2.24) is 9.47 Å². The summed E-state index contributed by atoms with van der Waals surface area (Å²) in [5.41, 5.74) is 2.13. The Morgan fingerprint density at radius 1 is 1.12 bits per heavy atom. The summed E-state index contributed by atoms with van der Waals surface area (Å²) in [6.45, 7) is 1.95. The lowest BCUT2D eigenvalue weighted by Gasteiger charge is -2.42. The molecule has 2 atom stereocenters. The van der Waals surface area contributed by atoms with E-state index in [2.05, 4.69) is 6.07 Å². The van der Waals surface area contributed by atoms with Crippen molar-refractivity contribution in [2.75, 3.05) is 13.1 Å².